The maximum Gasteiger partial charge on any atom is 0.309 e. The van der Waals surface area contributed by atoms with Crippen molar-refractivity contribution in [1.29, 1.82) is 0 Å². The Morgan fingerprint density at radius 2 is 0.938 bits per heavy atom. The Kier molecular flexibility index (Phi) is 33.7. The molecule has 0 radical (unpaired) electrons. The molecule has 10 N–H and O–H groups in total. The van der Waals surface area contributed by atoms with Gasteiger partial charge in [0, 0.05) is 6.42 Å². The molecule has 6 rings (SSSR count). The van der Waals surface area contributed by atoms with Crippen LogP contribution in [0.4, 0.5) is 0 Å². The SMILES string of the molecule is CCCCC[C@@H]1CCCCCCCCCC(=O)O[C@H]2[C@H](OC[C@H]3O[C@@H](O[C@H]4[C@H](O)[C@@H](CO)O[C@@H](O[C@H]5[C@H](O1)O[C@H](CO)[C@@H](O)[C@@H]5O)[C@@H]4O[C@@H]1O[C@@H](C)[C@H](OC(=O)[C@@H](C)CC)[C@@H](O)[C@H]1OC(=O)[C@@H](C)CC)[C@H](O)[C@@H](OC(=O)[C@@H](C)CC)[C@H]3OC(=O)[C@@H](C)CC)O[C@H](CO)[C@@H](O)[C@@H]2O. The Hall–Kier alpha value is -3.45. The first-order chi connectivity index (χ1) is 45.8. The highest BCUT2D eigenvalue weighted by Gasteiger charge is 2.60. The van der Waals surface area contributed by atoms with Gasteiger partial charge in [-0.25, -0.2) is 0 Å². The maximum absolute atomic E-state index is 14.1. The van der Waals surface area contributed by atoms with Crippen LogP contribution in [-0.2, 0) is 95.0 Å². The molecule has 6 fully saturated rings. The maximum atomic E-state index is 14.1. The Morgan fingerprint density at radius 3 is 1.49 bits per heavy atom. The smallest absolute Gasteiger partial charge is 0.309 e. The van der Waals surface area contributed by atoms with E-state index in [9.17, 15) is 75.0 Å². The Bertz CT molecular complexity index is 2340. The van der Waals surface area contributed by atoms with Gasteiger partial charge in [-0.1, -0.05) is 120 Å². The fourth-order valence-electron chi connectivity index (χ4n) is 12.0. The first kappa shape index (κ1) is 81.5. The summed E-state index contributed by atoms with van der Waals surface area (Å²) in [6, 6.07) is 0. The molecule has 556 valence electrons. The van der Waals surface area contributed by atoms with Gasteiger partial charge in [0.2, 0.25) is 0 Å². The summed E-state index contributed by atoms with van der Waals surface area (Å²) in [6.07, 6.45) is -37.8. The molecule has 0 aromatic heterocycles. The van der Waals surface area contributed by atoms with E-state index < -0.39 is 240 Å². The number of fused-ring (bicyclic) bond motifs is 6. The van der Waals surface area contributed by atoms with Crippen molar-refractivity contribution in [2.45, 2.75) is 338 Å². The van der Waals surface area contributed by atoms with Crippen LogP contribution in [-0.4, -0.2) is 267 Å². The molecular weight excluding hydrogens is 1270 g/mol. The predicted octanol–water partition coefficient (Wildman–Crippen LogP) is 1.54. The van der Waals surface area contributed by atoms with Crippen LogP contribution in [0.5, 0.6) is 0 Å². The third-order valence-electron chi connectivity index (χ3n) is 19.3. The molecule has 30 heteroatoms. The summed E-state index contributed by atoms with van der Waals surface area (Å²) in [5.74, 6) is -7.26. The monoisotopic (exact) mass is 1380 g/mol. The summed E-state index contributed by atoms with van der Waals surface area (Å²) in [5.41, 5.74) is 0. The number of esters is 5. The van der Waals surface area contributed by atoms with Gasteiger partial charge >= 0.3 is 29.8 Å². The normalized spacial score (nSPS) is 40.1. The van der Waals surface area contributed by atoms with Gasteiger partial charge in [-0.3, -0.25) is 24.0 Å². The van der Waals surface area contributed by atoms with Gasteiger partial charge in [-0.15, -0.1) is 0 Å². The minimum atomic E-state index is -2.24. The molecule has 6 aliphatic rings. The molecule has 30 nitrogen and oxygen atoms in total. The van der Waals surface area contributed by atoms with Gasteiger partial charge in [0.1, 0.15) is 85.5 Å². The molecule has 0 unspecified atom stereocenters. The first-order valence-corrected chi connectivity index (χ1v) is 34.9. The fraction of sp³-hybridized carbons (Fsp3) is 0.924. The number of unbranched alkanes of at least 4 members (excludes halogenated alkanes) is 2. The Balaban J connectivity index is 1.56. The van der Waals surface area contributed by atoms with Crippen molar-refractivity contribution in [2.75, 3.05) is 26.4 Å². The summed E-state index contributed by atoms with van der Waals surface area (Å²) in [7, 11) is 0. The van der Waals surface area contributed by atoms with Crippen molar-refractivity contribution in [3.8, 4) is 0 Å². The highest BCUT2D eigenvalue weighted by atomic mass is 16.8. The molecule has 0 spiro atoms. The predicted molar refractivity (Wildman–Crippen MR) is 331 cm³/mol. The zero-order valence-electron chi connectivity index (χ0n) is 57.3. The van der Waals surface area contributed by atoms with E-state index in [0.717, 1.165) is 38.5 Å². The number of hydrogen-bond acceptors (Lipinski definition) is 30. The lowest BCUT2D eigenvalue weighted by Gasteiger charge is -2.51. The molecule has 0 aromatic carbocycles. The highest BCUT2D eigenvalue weighted by molar-refractivity contribution is 5.74. The molecule has 0 saturated carbocycles. The van der Waals surface area contributed by atoms with Crippen LogP contribution in [0.15, 0.2) is 0 Å². The number of carbonyl (C=O) groups is 5. The quantitative estimate of drug-likeness (QED) is 0.0442. The molecule has 6 aliphatic heterocycles. The zero-order valence-corrected chi connectivity index (χ0v) is 57.3. The third kappa shape index (κ3) is 21.3. The lowest BCUT2D eigenvalue weighted by atomic mass is 9.95. The minimum Gasteiger partial charge on any atom is -0.456 e. The zero-order chi connectivity index (χ0) is 70.7. The van der Waals surface area contributed by atoms with Crippen molar-refractivity contribution in [2.24, 2.45) is 23.7 Å². The molecule has 4 bridgehead atoms. The molecule has 6 heterocycles. The lowest BCUT2D eigenvalue weighted by Crippen LogP contribution is -2.69. The van der Waals surface area contributed by atoms with E-state index in [1.165, 1.54) is 13.8 Å². The second-order valence-electron chi connectivity index (χ2n) is 26.6. The fourth-order valence-corrected chi connectivity index (χ4v) is 12.0. The summed E-state index contributed by atoms with van der Waals surface area (Å²) in [4.78, 5) is 69.0. The first-order valence-electron chi connectivity index (χ1n) is 34.9. The molecule has 0 aliphatic carbocycles. The topological polar surface area (TPSA) is 426 Å². The summed E-state index contributed by atoms with van der Waals surface area (Å²) >= 11 is 0. The molecule has 96 heavy (non-hydrogen) atoms. The van der Waals surface area contributed by atoms with E-state index in [0.29, 0.717) is 44.9 Å². The van der Waals surface area contributed by atoms with Crippen molar-refractivity contribution >= 4 is 29.8 Å². The van der Waals surface area contributed by atoms with Crippen LogP contribution in [0.1, 0.15) is 178 Å². The largest absolute Gasteiger partial charge is 0.456 e. The van der Waals surface area contributed by atoms with Crippen LogP contribution in [0, 0.1) is 23.7 Å². The summed E-state index contributed by atoms with van der Waals surface area (Å²) < 4.78 is 94.3. The van der Waals surface area contributed by atoms with Crippen LogP contribution < -0.4 is 0 Å². The van der Waals surface area contributed by atoms with Gasteiger partial charge < -0.3 is 122 Å². The standard InChI is InChI=1S/C66H112O30/c1-11-16-22-25-37-26-23-20-18-17-19-21-24-27-42(70)89-54-46(74)43(71)38(28-67)85-63(54)82-31-41-51(91-59(79)33(7)13-3)53(92-60(80)34(8)14-4)49(77)62(88-41)94-52-45(73)40(30-69)87-66(95-55-47(75)44(72)39(29-68)86-65(55)84-37)57(52)96-64-56(93-61(81)35(9)15-5)48(76)50(36(10)83-64)90-58(78)32(6)12-2/h32-41,43-57,62-69,71-77H,11-31H2,1-10H3/t32-,33-,34-,35-,36-,37+,38+,39+,40+,41+,43+,44+,45+,46-,47-,48+,49+,50-,51-,52-,53+,54+,55+,56+,57+,62-,63+,64-,65+,66-/m0/s1. The molecular formula is C66H112O30. The highest BCUT2D eigenvalue weighted by Crippen LogP contribution is 2.40. The molecule has 30 atom stereocenters. The number of rotatable bonds is 21. The van der Waals surface area contributed by atoms with E-state index in [2.05, 4.69) is 0 Å². The van der Waals surface area contributed by atoms with E-state index in [1.807, 2.05) is 6.92 Å². The van der Waals surface area contributed by atoms with Crippen molar-refractivity contribution in [3.63, 3.8) is 0 Å². The van der Waals surface area contributed by atoms with Crippen molar-refractivity contribution < 1.29 is 146 Å². The van der Waals surface area contributed by atoms with Crippen molar-refractivity contribution in [1.82, 2.24) is 0 Å². The molecule has 0 amide bonds. The van der Waals surface area contributed by atoms with Gasteiger partial charge in [-0.05, 0) is 51.9 Å². The van der Waals surface area contributed by atoms with E-state index in [4.69, 9.17) is 71.1 Å². The number of aliphatic hydroxyl groups excluding tert-OH is 10. The van der Waals surface area contributed by atoms with Gasteiger partial charge in [0.05, 0.1) is 62.3 Å². The van der Waals surface area contributed by atoms with Crippen LogP contribution >= 0.6 is 0 Å². The second kappa shape index (κ2) is 39.7. The summed E-state index contributed by atoms with van der Waals surface area (Å²) in [5, 5.41) is 116. The summed E-state index contributed by atoms with van der Waals surface area (Å²) in [6.45, 7) is 13.0. The number of carbonyl (C=O) groups excluding carboxylic acids is 5. The van der Waals surface area contributed by atoms with Gasteiger partial charge in [-0.2, -0.15) is 0 Å². The molecule has 6 saturated heterocycles. The average Bonchev–Trinajstić information content (AvgIpc) is 0.765. The van der Waals surface area contributed by atoms with Crippen LogP contribution in [0.3, 0.4) is 0 Å². The number of aliphatic hydroxyl groups is 10. The Morgan fingerprint density at radius 1 is 0.458 bits per heavy atom. The van der Waals surface area contributed by atoms with E-state index in [-0.39, 0.29) is 25.7 Å². The van der Waals surface area contributed by atoms with Gasteiger partial charge in [0.15, 0.2) is 62.0 Å². The lowest BCUT2D eigenvalue weighted by molar-refractivity contribution is -0.410. The van der Waals surface area contributed by atoms with Crippen LogP contribution in [0.25, 0.3) is 0 Å². The van der Waals surface area contributed by atoms with E-state index >= 15 is 0 Å². The molecule has 0 aromatic rings. The van der Waals surface area contributed by atoms with E-state index in [1.54, 1.807) is 48.5 Å². The van der Waals surface area contributed by atoms with Crippen LogP contribution in [0.2, 0.25) is 0 Å². The minimum absolute atomic E-state index is 0.117. The third-order valence-corrected chi connectivity index (χ3v) is 19.3. The number of ether oxygens (including phenoxy) is 15. The second-order valence-corrected chi connectivity index (χ2v) is 26.6. The van der Waals surface area contributed by atoms with Gasteiger partial charge in [0.25, 0.3) is 0 Å². The average molecular weight is 1390 g/mol. The number of hydrogen-bond donors (Lipinski definition) is 10. The Labute approximate surface area is 562 Å². The van der Waals surface area contributed by atoms with Crippen molar-refractivity contribution in [3.05, 3.63) is 0 Å².